The van der Waals surface area contributed by atoms with Gasteiger partial charge in [0, 0.05) is 17.1 Å². The van der Waals surface area contributed by atoms with Gasteiger partial charge in [-0.25, -0.2) is 9.67 Å². The maximum atomic E-state index is 12.7. The van der Waals surface area contributed by atoms with Crippen LogP contribution in [0.3, 0.4) is 0 Å². The quantitative estimate of drug-likeness (QED) is 0.600. The molecule has 1 saturated carbocycles. The van der Waals surface area contributed by atoms with Gasteiger partial charge in [0.25, 0.3) is 5.56 Å². The van der Waals surface area contributed by atoms with Gasteiger partial charge >= 0.3 is 0 Å². The Morgan fingerprint density at radius 2 is 2.04 bits per heavy atom. The third-order valence-electron chi connectivity index (χ3n) is 5.28. The minimum absolute atomic E-state index is 0.127. The van der Waals surface area contributed by atoms with E-state index in [2.05, 4.69) is 15.1 Å². The fraction of sp³-hybridized carbons (Fsp3) is 0.300. The van der Waals surface area contributed by atoms with Crippen molar-refractivity contribution in [3.8, 4) is 11.4 Å². The molecule has 3 aromatic heterocycles. The van der Waals surface area contributed by atoms with Crippen molar-refractivity contribution in [3.05, 3.63) is 52.6 Å². The summed E-state index contributed by atoms with van der Waals surface area (Å²) in [6.45, 7) is 1.88. The zero-order valence-electron chi connectivity index (χ0n) is 14.6. The van der Waals surface area contributed by atoms with Gasteiger partial charge in [-0.1, -0.05) is 18.9 Å². The van der Waals surface area contributed by atoms with Gasteiger partial charge in [-0.05, 0) is 44.0 Å². The second-order valence-corrected chi connectivity index (χ2v) is 6.99. The van der Waals surface area contributed by atoms with Gasteiger partial charge in [0.2, 0.25) is 0 Å². The minimum Gasteiger partial charge on any atom is -0.306 e. The molecule has 0 atom stereocenters. The predicted octanol–water partition coefficient (Wildman–Crippen LogP) is 3.76. The van der Waals surface area contributed by atoms with Crippen LogP contribution in [0.15, 0.2) is 41.3 Å². The van der Waals surface area contributed by atoms with Gasteiger partial charge in [-0.15, -0.1) is 0 Å². The minimum atomic E-state index is -0.127. The molecule has 0 aliphatic heterocycles. The van der Waals surface area contributed by atoms with Crippen LogP contribution >= 0.6 is 0 Å². The number of hydrogen-bond acceptors (Lipinski definition) is 4. The molecule has 0 radical (unpaired) electrons. The molecule has 0 amide bonds. The van der Waals surface area contributed by atoms with Gasteiger partial charge < -0.3 is 4.98 Å². The second kappa shape index (κ2) is 5.76. The highest BCUT2D eigenvalue weighted by molar-refractivity contribution is 5.84. The van der Waals surface area contributed by atoms with Gasteiger partial charge in [0.05, 0.1) is 17.3 Å². The van der Waals surface area contributed by atoms with E-state index in [1.54, 1.807) is 6.20 Å². The zero-order chi connectivity index (χ0) is 17.7. The molecule has 1 aromatic carbocycles. The molecule has 1 aliphatic carbocycles. The van der Waals surface area contributed by atoms with Crippen LogP contribution in [-0.4, -0.2) is 24.7 Å². The van der Waals surface area contributed by atoms with Crippen LogP contribution in [0.5, 0.6) is 0 Å². The molecule has 1 aliphatic rings. The van der Waals surface area contributed by atoms with Crippen LogP contribution in [0.2, 0.25) is 0 Å². The van der Waals surface area contributed by atoms with Crippen LogP contribution in [-0.2, 0) is 0 Å². The summed E-state index contributed by atoms with van der Waals surface area (Å²) in [4.78, 5) is 24.8. The Balaban J connectivity index is 1.72. The highest BCUT2D eigenvalue weighted by Crippen LogP contribution is 2.32. The molecule has 0 bridgehead atoms. The van der Waals surface area contributed by atoms with Crippen LogP contribution in [0.4, 0.5) is 0 Å². The number of benzene rings is 1. The van der Waals surface area contributed by atoms with Crippen LogP contribution < -0.4 is 5.56 Å². The third-order valence-corrected chi connectivity index (χ3v) is 5.28. The molecule has 0 unspecified atom stereocenters. The van der Waals surface area contributed by atoms with E-state index in [1.807, 2.05) is 41.9 Å². The van der Waals surface area contributed by atoms with Gasteiger partial charge in [0.15, 0.2) is 5.65 Å². The summed E-state index contributed by atoms with van der Waals surface area (Å²) in [5, 5.41) is 6.26. The third kappa shape index (κ3) is 2.33. The number of nitrogens with zero attached hydrogens (tertiary/aromatic N) is 4. The lowest BCUT2D eigenvalue weighted by Crippen LogP contribution is -2.12. The van der Waals surface area contributed by atoms with Crippen molar-refractivity contribution in [1.29, 1.82) is 0 Å². The van der Waals surface area contributed by atoms with E-state index in [9.17, 15) is 4.79 Å². The summed E-state index contributed by atoms with van der Waals surface area (Å²) in [5.41, 5.74) is 3.11. The Bertz CT molecular complexity index is 1180. The predicted molar refractivity (Wildman–Crippen MR) is 101 cm³/mol. The van der Waals surface area contributed by atoms with E-state index in [4.69, 9.17) is 4.98 Å². The lowest BCUT2D eigenvalue weighted by molar-refractivity contribution is 0.476. The van der Waals surface area contributed by atoms with Crippen molar-refractivity contribution in [2.24, 2.45) is 0 Å². The molecular formula is C20H19N5O. The van der Waals surface area contributed by atoms with Gasteiger partial charge in [-0.2, -0.15) is 5.10 Å². The monoisotopic (exact) mass is 345 g/mol. The van der Waals surface area contributed by atoms with Crippen molar-refractivity contribution in [3.63, 3.8) is 0 Å². The SMILES string of the molecule is Cc1nn(C2CCCC2)c2nc(-c3ccc4ncccc4c3)[nH]c(=O)c12. The molecule has 26 heavy (non-hydrogen) atoms. The Morgan fingerprint density at radius 3 is 2.88 bits per heavy atom. The number of aromatic amines is 1. The van der Waals surface area contributed by atoms with E-state index in [-0.39, 0.29) is 5.56 Å². The van der Waals surface area contributed by atoms with Crippen molar-refractivity contribution in [2.45, 2.75) is 38.6 Å². The first kappa shape index (κ1) is 15.3. The fourth-order valence-electron chi connectivity index (χ4n) is 3.98. The lowest BCUT2D eigenvalue weighted by Gasteiger charge is -2.11. The van der Waals surface area contributed by atoms with Crippen molar-refractivity contribution in [1.82, 2.24) is 24.7 Å². The van der Waals surface area contributed by atoms with Crippen molar-refractivity contribution in [2.75, 3.05) is 0 Å². The number of aryl methyl sites for hydroxylation is 1. The Kier molecular flexibility index (Phi) is 3.38. The maximum absolute atomic E-state index is 12.7. The molecule has 1 fully saturated rings. The first-order valence-corrected chi connectivity index (χ1v) is 9.05. The Morgan fingerprint density at radius 1 is 1.19 bits per heavy atom. The van der Waals surface area contributed by atoms with Gasteiger partial charge in [0.1, 0.15) is 11.2 Å². The number of hydrogen-bond donors (Lipinski definition) is 1. The molecule has 0 saturated heterocycles. The molecule has 4 aromatic rings. The van der Waals surface area contributed by atoms with Crippen LogP contribution in [0, 0.1) is 6.92 Å². The van der Waals surface area contributed by atoms with Gasteiger partial charge in [-0.3, -0.25) is 9.78 Å². The second-order valence-electron chi connectivity index (χ2n) is 6.99. The normalized spacial score (nSPS) is 15.3. The molecule has 130 valence electrons. The summed E-state index contributed by atoms with van der Waals surface area (Å²) < 4.78 is 1.97. The molecule has 1 N–H and O–H groups in total. The molecule has 5 rings (SSSR count). The summed E-state index contributed by atoms with van der Waals surface area (Å²) in [6.07, 6.45) is 6.39. The smallest absolute Gasteiger partial charge is 0.262 e. The topological polar surface area (TPSA) is 76.5 Å². The largest absolute Gasteiger partial charge is 0.306 e. The van der Waals surface area contributed by atoms with E-state index >= 15 is 0 Å². The first-order chi connectivity index (χ1) is 12.7. The van der Waals surface area contributed by atoms with Crippen LogP contribution in [0.1, 0.15) is 37.4 Å². The standard InChI is InChI=1S/C20H19N5O/c1-12-17-19(25(24-12)15-6-2-3-7-15)22-18(23-20(17)26)14-8-9-16-13(11-14)5-4-10-21-16/h4-5,8-11,15H,2-3,6-7H2,1H3,(H,22,23,26). The van der Waals surface area contributed by atoms with E-state index in [1.165, 1.54) is 12.8 Å². The van der Waals surface area contributed by atoms with Crippen molar-refractivity contribution < 1.29 is 0 Å². The van der Waals surface area contributed by atoms with Crippen molar-refractivity contribution >= 4 is 21.9 Å². The molecular weight excluding hydrogens is 326 g/mol. The fourth-order valence-corrected chi connectivity index (χ4v) is 3.98. The summed E-state index contributed by atoms with van der Waals surface area (Å²) in [7, 11) is 0. The highest BCUT2D eigenvalue weighted by Gasteiger charge is 2.23. The number of nitrogens with one attached hydrogen (secondary N) is 1. The highest BCUT2D eigenvalue weighted by atomic mass is 16.1. The van der Waals surface area contributed by atoms with Crippen LogP contribution in [0.25, 0.3) is 33.3 Å². The summed E-state index contributed by atoms with van der Waals surface area (Å²) in [5.74, 6) is 0.576. The summed E-state index contributed by atoms with van der Waals surface area (Å²) in [6, 6.07) is 10.2. The Hall–Kier alpha value is -3.02. The number of H-pyrrole nitrogens is 1. The summed E-state index contributed by atoms with van der Waals surface area (Å²) >= 11 is 0. The molecule has 3 heterocycles. The molecule has 0 spiro atoms. The first-order valence-electron chi connectivity index (χ1n) is 9.05. The lowest BCUT2D eigenvalue weighted by atomic mass is 10.1. The maximum Gasteiger partial charge on any atom is 0.262 e. The van der Waals surface area contributed by atoms with E-state index in [0.29, 0.717) is 22.9 Å². The average molecular weight is 345 g/mol. The Labute approximate surface area is 149 Å². The number of fused-ring (bicyclic) bond motifs is 2. The number of aromatic nitrogens is 5. The number of rotatable bonds is 2. The average Bonchev–Trinajstić information content (AvgIpc) is 3.29. The van der Waals surface area contributed by atoms with E-state index in [0.717, 1.165) is 35.0 Å². The number of pyridine rings is 1. The van der Waals surface area contributed by atoms with E-state index < -0.39 is 0 Å². The zero-order valence-corrected chi connectivity index (χ0v) is 14.6. The molecule has 6 heteroatoms. The molecule has 6 nitrogen and oxygen atoms in total.